The van der Waals surface area contributed by atoms with E-state index in [4.69, 9.17) is 9.47 Å². The number of nitrogens with zero attached hydrogens (tertiary/aromatic N) is 3. The van der Waals surface area contributed by atoms with Gasteiger partial charge in [-0.15, -0.1) is 0 Å². The van der Waals surface area contributed by atoms with Crippen molar-refractivity contribution in [2.45, 2.75) is 38.9 Å². The number of likely N-dealkylation sites (tertiary alicyclic amines) is 1. The number of hydrogen-bond donors (Lipinski definition) is 1. The lowest BCUT2D eigenvalue weighted by Crippen LogP contribution is -2.37. The summed E-state index contributed by atoms with van der Waals surface area (Å²) in [6.07, 6.45) is 0.492. The molecule has 0 bridgehead atoms. The summed E-state index contributed by atoms with van der Waals surface area (Å²) in [6, 6.07) is 16.5. The van der Waals surface area contributed by atoms with Crippen LogP contribution in [0.5, 0.6) is 5.75 Å². The third kappa shape index (κ3) is 5.12. The summed E-state index contributed by atoms with van der Waals surface area (Å²) < 4.78 is 12.1. The van der Waals surface area contributed by atoms with Gasteiger partial charge >= 0.3 is 5.97 Å². The molecule has 4 rings (SSSR count). The Hall–Kier alpha value is -3.65. The van der Waals surface area contributed by atoms with Crippen molar-refractivity contribution in [3.8, 4) is 11.4 Å². The van der Waals surface area contributed by atoms with Crippen LogP contribution in [0.4, 0.5) is 0 Å². The Bertz CT molecular complexity index is 1170. The van der Waals surface area contributed by atoms with E-state index in [1.54, 1.807) is 13.2 Å². The van der Waals surface area contributed by atoms with Crippen molar-refractivity contribution >= 4 is 11.9 Å². The maximum atomic E-state index is 13.1. The van der Waals surface area contributed by atoms with E-state index < -0.39 is 6.04 Å². The summed E-state index contributed by atoms with van der Waals surface area (Å²) >= 11 is 0. The summed E-state index contributed by atoms with van der Waals surface area (Å²) in [6.45, 7) is 5.05. The molecular weight excluding hydrogens is 432 g/mol. The average Bonchev–Trinajstić information content (AvgIpc) is 3.40. The molecule has 2 atom stereocenters. The average molecular weight is 463 g/mol. The lowest BCUT2D eigenvalue weighted by Gasteiger charge is -2.22. The number of rotatable bonds is 7. The molecule has 1 amide bonds. The number of hydrogen-bond acceptors (Lipinski definition) is 6. The zero-order chi connectivity index (χ0) is 24.2. The second-order valence-corrected chi connectivity index (χ2v) is 8.61. The van der Waals surface area contributed by atoms with Gasteiger partial charge in [0.05, 0.1) is 25.6 Å². The molecule has 34 heavy (non-hydrogen) atoms. The molecule has 8 nitrogen and oxygen atoms in total. The zero-order valence-electron chi connectivity index (χ0n) is 19.9. The molecule has 1 N–H and O–H groups in total. The van der Waals surface area contributed by atoms with E-state index in [9.17, 15) is 9.59 Å². The van der Waals surface area contributed by atoms with Gasteiger partial charge < -0.3 is 14.8 Å². The van der Waals surface area contributed by atoms with Crippen LogP contribution < -0.4 is 10.1 Å². The van der Waals surface area contributed by atoms with Crippen molar-refractivity contribution in [2.75, 3.05) is 20.8 Å². The molecule has 0 aliphatic carbocycles. The van der Waals surface area contributed by atoms with E-state index in [-0.39, 0.29) is 17.9 Å². The number of esters is 1. The Kier molecular flexibility index (Phi) is 6.98. The minimum Gasteiger partial charge on any atom is -0.497 e. The van der Waals surface area contributed by atoms with E-state index >= 15 is 0 Å². The van der Waals surface area contributed by atoms with Crippen LogP contribution >= 0.6 is 0 Å². The van der Waals surface area contributed by atoms with Gasteiger partial charge in [-0.3, -0.25) is 14.5 Å². The standard InChI is InChI=1S/C26H30N4O4/c1-17-12-18(2)30(28-17)22-7-5-6-20(13-22)25(31)27-21-14-24(26(32)34-4)29(16-21)15-19-8-10-23(33-3)11-9-19/h5-13,21,24H,14-16H2,1-4H3,(H,27,31)/t21-,24+/m1/s1. The molecule has 1 aromatic heterocycles. The van der Waals surface area contributed by atoms with E-state index in [1.165, 1.54) is 7.11 Å². The fourth-order valence-electron chi connectivity index (χ4n) is 4.47. The molecule has 0 unspecified atom stereocenters. The van der Waals surface area contributed by atoms with Gasteiger partial charge in [-0.05, 0) is 62.2 Å². The first kappa shape index (κ1) is 23.5. The highest BCUT2D eigenvalue weighted by Gasteiger charge is 2.38. The second-order valence-electron chi connectivity index (χ2n) is 8.61. The van der Waals surface area contributed by atoms with Crippen LogP contribution in [0.25, 0.3) is 5.69 Å². The quantitative estimate of drug-likeness (QED) is 0.544. The van der Waals surface area contributed by atoms with Crippen molar-refractivity contribution in [2.24, 2.45) is 0 Å². The summed E-state index contributed by atoms with van der Waals surface area (Å²) in [5, 5.41) is 7.60. The minimum atomic E-state index is -0.418. The molecule has 1 saturated heterocycles. The Morgan fingerprint density at radius 1 is 1.09 bits per heavy atom. The van der Waals surface area contributed by atoms with Crippen molar-refractivity contribution in [1.29, 1.82) is 0 Å². The lowest BCUT2D eigenvalue weighted by atomic mass is 10.1. The SMILES string of the molecule is COC(=O)[C@@H]1C[C@@H](NC(=O)c2cccc(-n3nc(C)cc3C)c2)CN1Cc1ccc(OC)cc1. The highest BCUT2D eigenvalue weighted by Crippen LogP contribution is 2.23. The Labute approximate surface area is 199 Å². The smallest absolute Gasteiger partial charge is 0.323 e. The molecular formula is C26H30N4O4. The largest absolute Gasteiger partial charge is 0.497 e. The lowest BCUT2D eigenvalue weighted by molar-refractivity contribution is -0.146. The van der Waals surface area contributed by atoms with E-state index in [0.717, 1.165) is 28.4 Å². The second kappa shape index (κ2) is 10.1. The molecule has 0 saturated carbocycles. The highest BCUT2D eigenvalue weighted by molar-refractivity contribution is 5.95. The third-order valence-corrected chi connectivity index (χ3v) is 6.12. The fourth-order valence-corrected chi connectivity index (χ4v) is 4.47. The molecule has 1 fully saturated rings. The van der Waals surface area contributed by atoms with Gasteiger partial charge in [0.15, 0.2) is 0 Å². The summed E-state index contributed by atoms with van der Waals surface area (Å²) in [5.74, 6) is 0.308. The van der Waals surface area contributed by atoms with Crippen LogP contribution in [0, 0.1) is 13.8 Å². The maximum Gasteiger partial charge on any atom is 0.323 e. The third-order valence-electron chi connectivity index (χ3n) is 6.12. The molecule has 3 aromatic rings. The van der Waals surface area contributed by atoms with Crippen LogP contribution in [0.2, 0.25) is 0 Å². The monoisotopic (exact) mass is 462 g/mol. The number of carbonyl (C=O) groups excluding carboxylic acids is 2. The first-order valence-corrected chi connectivity index (χ1v) is 11.3. The van der Waals surface area contributed by atoms with Gasteiger partial charge in [0.25, 0.3) is 5.91 Å². The maximum absolute atomic E-state index is 13.1. The number of benzene rings is 2. The number of amides is 1. The van der Waals surface area contributed by atoms with Crippen LogP contribution in [-0.2, 0) is 16.1 Å². The van der Waals surface area contributed by atoms with Gasteiger partial charge in [0, 0.05) is 30.4 Å². The predicted octanol–water partition coefficient (Wildman–Crippen LogP) is 3.04. The molecule has 0 spiro atoms. The molecule has 0 radical (unpaired) electrons. The first-order chi connectivity index (χ1) is 16.4. The minimum absolute atomic E-state index is 0.174. The van der Waals surface area contributed by atoms with E-state index in [2.05, 4.69) is 10.4 Å². The number of aromatic nitrogens is 2. The van der Waals surface area contributed by atoms with Gasteiger partial charge in [0.1, 0.15) is 11.8 Å². The van der Waals surface area contributed by atoms with Gasteiger partial charge in [-0.1, -0.05) is 18.2 Å². The van der Waals surface area contributed by atoms with Crippen LogP contribution in [-0.4, -0.2) is 59.4 Å². The molecule has 178 valence electrons. The Balaban J connectivity index is 1.46. The Morgan fingerprint density at radius 3 is 2.50 bits per heavy atom. The normalized spacial score (nSPS) is 18.0. The van der Waals surface area contributed by atoms with E-state index in [0.29, 0.717) is 25.1 Å². The fraction of sp³-hybridized carbons (Fsp3) is 0.346. The molecule has 2 aromatic carbocycles. The van der Waals surface area contributed by atoms with Crippen molar-refractivity contribution in [1.82, 2.24) is 20.0 Å². The number of ether oxygens (including phenoxy) is 2. The molecule has 8 heteroatoms. The van der Waals surface area contributed by atoms with Gasteiger partial charge in [0.2, 0.25) is 0 Å². The van der Waals surface area contributed by atoms with E-state index in [1.807, 2.05) is 72.0 Å². The van der Waals surface area contributed by atoms with Gasteiger partial charge in [-0.25, -0.2) is 4.68 Å². The van der Waals surface area contributed by atoms with Crippen LogP contribution in [0.3, 0.4) is 0 Å². The van der Waals surface area contributed by atoms with Crippen LogP contribution in [0.15, 0.2) is 54.6 Å². The topological polar surface area (TPSA) is 85.7 Å². The predicted molar refractivity (Wildman–Crippen MR) is 128 cm³/mol. The van der Waals surface area contributed by atoms with Crippen molar-refractivity contribution < 1.29 is 19.1 Å². The van der Waals surface area contributed by atoms with Crippen molar-refractivity contribution in [3.63, 3.8) is 0 Å². The Morgan fingerprint density at radius 2 is 1.85 bits per heavy atom. The number of aryl methyl sites for hydroxylation is 2. The number of methoxy groups -OCH3 is 2. The number of carbonyl (C=O) groups is 2. The summed E-state index contributed by atoms with van der Waals surface area (Å²) in [4.78, 5) is 27.6. The molecule has 1 aliphatic rings. The van der Waals surface area contributed by atoms with Gasteiger partial charge in [-0.2, -0.15) is 5.10 Å². The highest BCUT2D eigenvalue weighted by atomic mass is 16.5. The summed E-state index contributed by atoms with van der Waals surface area (Å²) in [5.41, 5.74) is 4.36. The van der Waals surface area contributed by atoms with Crippen LogP contribution in [0.1, 0.15) is 33.7 Å². The summed E-state index contributed by atoms with van der Waals surface area (Å²) in [7, 11) is 3.02. The van der Waals surface area contributed by atoms with Crippen molar-refractivity contribution in [3.05, 3.63) is 77.1 Å². The first-order valence-electron chi connectivity index (χ1n) is 11.3. The zero-order valence-corrected chi connectivity index (χ0v) is 19.9. The molecule has 1 aliphatic heterocycles. The molecule has 2 heterocycles. The number of nitrogens with one attached hydrogen (secondary N) is 1.